The number of rotatable bonds is 4. The lowest BCUT2D eigenvalue weighted by Gasteiger charge is -2.05. The topological polar surface area (TPSA) is 72.2 Å². The number of hydrogen-bond acceptors (Lipinski definition) is 5. The molecule has 0 fully saturated rings. The van der Waals surface area contributed by atoms with Crippen molar-refractivity contribution < 1.29 is 14.3 Å². The smallest absolute Gasteiger partial charge is 0.311 e. The van der Waals surface area contributed by atoms with Crippen LogP contribution in [-0.4, -0.2) is 24.7 Å². The van der Waals surface area contributed by atoms with Gasteiger partial charge in [-0.2, -0.15) is 5.26 Å². The van der Waals surface area contributed by atoms with Crippen LogP contribution in [0.4, 0.5) is 0 Å². The Bertz CT molecular complexity index is 424. The molecule has 5 nitrogen and oxygen atoms in total. The number of hydrogen-bond donors (Lipinski definition) is 0. The van der Waals surface area contributed by atoms with E-state index in [0.717, 1.165) is 0 Å². The normalized spacial score (nSPS) is 9.31. The van der Waals surface area contributed by atoms with Crippen molar-refractivity contribution >= 4 is 5.97 Å². The predicted molar refractivity (Wildman–Crippen MR) is 55.8 cm³/mol. The van der Waals surface area contributed by atoms with Gasteiger partial charge in [0.05, 0.1) is 37.6 Å². The average molecular weight is 220 g/mol. The molecule has 0 saturated heterocycles. The Kier molecular flexibility index (Phi) is 4.28. The zero-order chi connectivity index (χ0) is 12.0. The van der Waals surface area contributed by atoms with Gasteiger partial charge in [0.1, 0.15) is 11.8 Å². The fraction of sp³-hybridized carbons (Fsp3) is 0.364. The van der Waals surface area contributed by atoms with Crippen LogP contribution in [0.5, 0.6) is 5.75 Å². The lowest BCUT2D eigenvalue weighted by molar-refractivity contribution is -0.142. The van der Waals surface area contributed by atoms with Crippen LogP contribution in [0, 0.1) is 11.3 Å². The minimum Gasteiger partial charge on any atom is -0.495 e. The summed E-state index contributed by atoms with van der Waals surface area (Å²) < 4.78 is 9.72. The number of aromatic nitrogens is 1. The molecule has 1 aromatic rings. The zero-order valence-electron chi connectivity index (χ0n) is 9.19. The second-order valence-corrected chi connectivity index (χ2v) is 2.96. The average Bonchev–Trinajstić information content (AvgIpc) is 2.30. The maximum atomic E-state index is 11.2. The van der Waals surface area contributed by atoms with Crippen molar-refractivity contribution in [2.24, 2.45) is 0 Å². The molecule has 0 atom stereocenters. The predicted octanol–water partition coefficient (Wildman–Crippen LogP) is 1.07. The highest BCUT2D eigenvalue weighted by Crippen LogP contribution is 2.14. The van der Waals surface area contributed by atoms with Gasteiger partial charge in [-0.1, -0.05) is 0 Å². The molecule has 84 valence electrons. The van der Waals surface area contributed by atoms with Gasteiger partial charge in [-0.3, -0.25) is 9.78 Å². The number of ether oxygens (including phenoxy) is 2. The molecule has 0 radical (unpaired) electrons. The Balaban J connectivity index is 2.88. The molecule has 0 saturated carbocycles. The van der Waals surface area contributed by atoms with Crippen molar-refractivity contribution in [3.8, 4) is 11.8 Å². The summed E-state index contributed by atoms with van der Waals surface area (Å²) in [4.78, 5) is 15.2. The van der Waals surface area contributed by atoms with Gasteiger partial charge in [-0.15, -0.1) is 0 Å². The van der Waals surface area contributed by atoms with Crippen molar-refractivity contribution in [3.63, 3.8) is 0 Å². The van der Waals surface area contributed by atoms with E-state index in [4.69, 9.17) is 14.7 Å². The minimum absolute atomic E-state index is 0.000722. The fourth-order valence-electron chi connectivity index (χ4n) is 1.17. The zero-order valence-corrected chi connectivity index (χ0v) is 9.19. The number of pyridine rings is 1. The van der Waals surface area contributed by atoms with Crippen molar-refractivity contribution in [1.82, 2.24) is 4.98 Å². The molecule has 0 aliphatic heterocycles. The quantitative estimate of drug-likeness (QED) is 0.709. The van der Waals surface area contributed by atoms with Gasteiger partial charge >= 0.3 is 5.97 Å². The Morgan fingerprint density at radius 3 is 2.94 bits per heavy atom. The van der Waals surface area contributed by atoms with E-state index in [9.17, 15) is 4.79 Å². The summed E-state index contributed by atoms with van der Waals surface area (Å²) >= 11 is 0. The van der Waals surface area contributed by atoms with E-state index in [2.05, 4.69) is 4.98 Å². The molecular weight excluding hydrogens is 208 g/mol. The summed E-state index contributed by atoms with van der Waals surface area (Å²) in [5, 5.41) is 8.88. The lowest BCUT2D eigenvalue weighted by atomic mass is 10.1. The summed E-state index contributed by atoms with van der Waals surface area (Å²) in [5.74, 6) is 0.0980. The Hall–Kier alpha value is -2.09. The molecular formula is C11H12N2O3. The highest BCUT2D eigenvalue weighted by Gasteiger charge is 2.11. The summed E-state index contributed by atoms with van der Waals surface area (Å²) in [6, 6.07) is 3.51. The molecule has 1 aromatic heterocycles. The first-order valence-electron chi connectivity index (χ1n) is 4.79. The SMILES string of the molecule is CCOC(=O)Cc1ncc(OC)cc1C#N. The van der Waals surface area contributed by atoms with Gasteiger partial charge in [-0.05, 0) is 6.92 Å². The van der Waals surface area contributed by atoms with Gasteiger partial charge in [0, 0.05) is 6.07 Å². The molecule has 0 N–H and O–H groups in total. The van der Waals surface area contributed by atoms with Crippen LogP contribution in [0.1, 0.15) is 18.2 Å². The van der Waals surface area contributed by atoms with Gasteiger partial charge in [-0.25, -0.2) is 0 Å². The number of nitrogens with zero attached hydrogens (tertiary/aromatic N) is 2. The number of carbonyl (C=O) groups is 1. The van der Waals surface area contributed by atoms with E-state index >= 15 is 0 Å². The first-order chi connectivity index (χ1) is 7.71. The van der Waals surface area contributed by atoms with Crippen molar-refractivity contribution in [2.45, 2.75) is 13.3 Å². The van der Waals surface area contributed by atoms with Crippen LogP contribution < -0.4 is 4.74 Å². The molecule has 16 heavy (non-hydrogen) atoms. The molecule has 5 heteroatoms. The van der Waals surface area contributed by atoms with Gasteiger partial charge in [0.25, 0.3) is 0 Å². The fourth-order valence-corrected chi connectivity index (χ4v) is 1.17. The lowest BCUT2D eigenvalue weighted by Crippen LogP contribution is -2.10. The summed E-state index contributed by atoms with van der Waals surface area (Å²) in [5.41, 5.74) is 0.731. The molecule has 1 heterocycles. The van der Waals surface area contributed by atoms with E-state index in [1.165, 1.54) is 13.3 Å². The standard InChI is InChI=1S/C11H12N2O3/c1-3-16-11(14)5-10-8(6-12)4-9(15-2)7-13-10/h4,7H,3,5H2,1-2H3. The highest BCUT2D eigenvalue weighted by atomic mass is 16.5. The van der Waals surface area contributed by atoms with Crippen LogP contribution in [0.2, 0.25) is 0 Å². The maximum absolute atomic E-state index is 11.2. The van der Waals surface area contributed by atoms with Crippen molar-refractivity contribution in [3.05, 3.63) is 23.5 Å². The Labute approximate surface area is 93.6 Å². The van der Waals surface area contributed by atoms with Crippen LogP contribution in [0.3, 0.4) is 0 Å². The summed E-state index contributed by atoms with van der Waals surface area (Å²) in [6.45, 7) is 2.04. The van der Waals surface area contributed by atoms with E-state index in [0.29, 0.717) is 23.6 Å². The summed E-state index contributed by atoms with van der Waals surface area (Å²) in [6.07, 6.45) is 1.47. The molecule has 0 amide bonds. The van der Waals surface area contributed by atoms with Crippen LogP contribution in [0.15, 0.2) is 12.3 Å². The van der Waals surface area contributed by atoms with Crippen molar-refractivity contribution in [1.29, 1.82) is 5.26 Å². The number of methoxy groups -OCH3 is 1. The van der Waals surface area contributed by atoms with Crippen LogP contribution in [-0.2, 0) is 16.0 Å². The second kappa shape index (κ2) is 5.71. The Morgan fingerprint density at radius 1 is 1.62 bits per heavy atom. The van der Waals surface area contributed by atoms with Crippen LogP contribution >= 0.6 is 0 Å². The third kappa shape index (κ3) is 2.95. The summed E-state index contributed by atoms with van der Waals surface area (Å²) in [7, 11) is 1.49. The molecule has 0 unspecified atom stereocenters. The number of carbonyl (C=O) groups excluding carboxylic acids is 1. The molecule has 0 aliphatic carbocycles. The molecule has 0 bridgehead atoms. The van der Waals surface area contributed by atoms with E-state index in [1.54, 1.807) is 13.0 Å². The van der Waals surface area contributed by atoms with Gasteiger partial charge in [0.2, 0.25) is 0 Å². The van der Waals surface area contributed by atoms with Crippen LogP contribution in [0.25, 0.3) is 0 Å². The number of esters is 1. The molecule has 1 rings (SSSR count). The second-order valence-electron chi connectivity index (χ2n) is 2.96. The molecule has 0 aliphatic rings. The van der Waals surface area contributed by atoms with E-state index < -0.39 is 5.97 Å². The van der Waals surface area contributed by atoms with Gasteiger partial charge in [0.15, 0.2) is 0 Å². The largest absolute Gasteiger partial charge is 0.495 e. The highest BCUT2D eigenvalue weighted by molar-refractivity contribution is 5.72. The third-order valence-electron chi connectivity index (χ3n) is 1.92. The first-order valence-corrected chi connectivity index (χ1v) is 4.79. The maximum Gasteiger partial charge on any atom is 0.311 e. The monoisotopic (exact) mass is 220 g/mol. The minimum atomic E-state index is -0.392. The first kappa shape index (κ1) is 12.0. The van der Waals surface area contributed by atoms with Crippen molar-refractivity contribution in [2.75, 3.05) is 13.7 Å². The molecule has 0 aromatic carbocycles. The van der Waals surface area contributed by atoms with E-state index in [1.807, 2.05) is 6.07 Å². The van der Waals surface area contributed by atoms with E-state index in [-0.39, 0.29) is 6.42 Å². The Morgan fingerprint density at radius 2 is 2.38 bits per heavy atom. The number of nitriles is 1. The molecule has 0 spiro atoms. The third-order valence-corrected chi connectivity index (χ3v) is 1.92. The van der Waals surface area contributed by atoms with Gasteiger partial charge < -0.3 is 9.47 Å².